The molecule has 0 aliphatic carbocycles. The Morgan fingerprint density at radius 1 is 0.897 bits per heavy atom. The molecule has 0 fully saturated rings. The number of sulfonamides is 1. The third-order valence-electron chi connectivity index (χ3n) is 6.33. The van der Waals surface area contributed by atoms with Crippen molar-refractivity contribution >= 4 is 27.5 Å². The van der Waals surface area contributed by atoms with Crippen LogP contribution in [0.1, 0.15) is 31.9 Å². The maximum Gasteiger partial charge on any atom is 0.264 e. The highest BCUT2D eigenvalue weighted by Crippen LogP contribution is 2.26. The molecule has 0 unspecified atom stereocenters. The van der Waals surface area contributed by atoms with E-state index in [0.29, 0.717) is 17.9 Å². The van der Waals surface area contributed by atoms with Crippen LogP contribution in [0.25, 0.3) is 0 Å². The fourth-order valence-electron chi connectivity index (χ4n) is 4.09. The van der Waals surface area contributed by atoms with E-state index in [2.05, 4.69) is 5.32 Å². The molecule has 0 aromatic heterocycles. The lowest BCUT2D eigenvalue weighted by molar-refractivity contribution is -0.139. The fourth-order valence-corrected chi connectivity index (χ4v) is 5.50. The summed E-state index contributed by atoms with van der Waals surface area (Å²) >= 11 is 0. The number of carbonyl (C=O) groups is 2. The van der Waals surface area contributed by atoms with Crippen molar-refractivity contribution in [2.75, 3.05) is 24.5 Å². The van der Waals surface area contributed by atoms with Crippen LogP contribution in [-0.4, -0.2) is 57.4 Å². The van der Waals surface area contributed by atoms with Crippen LogP contribution < -0.4 is 14.4 Å². The van der Waals surface area contributed by atoms with Crippen LogP contribution in [-0.2, 0) is 26.0 Å². The number of carbonyl (C=O) groups excluding carboxylic acids is 2. The Labute approximate surface area is 231 Å². The van der Waals surface area contributed by atoms with Gasteiger partial charge in [0.25, 0.3) is 10.0 Å². The number of rotatable bonds is 12. The van der Waals surface area contributed by atoms with Gasteiger partial charge in [-0.05, 0) is 76.1 Å². The summed E-state index contributed by atoms with van der Waals surface area (Å²) in [6, 6.07) is 21.7. The van der Waals surface area contributed by atoms with Crippen LogP contribution >= 0.6 is 0 Å². The zero-order valence-electron chi connectivity index (χ0n) is 23.1. The summed E-state index contributed by atoms with van der Waals surface area (Å²) in [4.78, 5) is 28.3. The standard InChI is InChI=1S/C30H37N3O5S/c1-22(2)31-30(35)24(4)32(20-19-25-9-7-6-8-10-25)29(34)21-33(26-13-15-27(38-5)16-14-26)39(36,37)28-17-11-23(3)12-18-28/h6-18,22,24H,19-21H2,1-5H3,(H,31,35)/t24-/m0/s1. The molecule has 0 bridgehead atoms. The molecule has 0 saturated carbocycles. The van der Waals surface area contributed by atoms with E-state index in [-0.39, 0.29) is 23.4 Å². The minimum absolute atomic E-state index is 0.0677. The van der Waals surface area contributed by atoms with Crippen molar-refractivity contribution in [3.8, 4) is 5.75 Å². The second-order valence-corrected chi connectivity index (χ2v) is 11.5. The lowest BCUT2D eigenvalue weighted by Crippen LogP contribution is -2.53. The Hall–Kier alpha value is -3.85. The number of nitrogens with zero attached hydrogens (tertiary/aromatic N) is 2. The Balaban J connectivity index is 1.98. The molecular weight excluding hydrogens is 514 g/mol. The maximum absolute atomic E-state index is 13.9. The number of aryl methyl sites for hydroxylation is 1. The van der Waals surface area contributed by atoms with Gasteiger partial charge < -0.3 is 15.0 Å². The van der Waals surface area contributed by atoms with E-state index in [1.807, 2.05) is 51.1 Å². The average molecular weight is 552 g/mol. The van der Waals surface area contributed by atoms with Gasteiger partial charge in [-0.1, -0.05) is 48.0 Å². The number of ether oxygens (including phenoxy) is 1. The van der Waals surface area contributed by atoms with E-state index >= 15 is 0 Å². The monoisotopic (exact) mass is 551 g/mol. The molecule has 3 aromatic carbocycles. The molecule has 1 N–H and O–H groups in total. The highest BCUT2D eigenvalue weighted by atomic mass is 32.2. The first-order chi connectivity index (χ1) is 18.5. The van der Waals surface area contributed by atoms with Gasteiger partial charge >= 0.3 is 0 Å². The van der Waals surface area contributed by atoms with E-state index in [1.165, 1.54) is 24.1 Å². The van der Waals surface area contributed by atoms with Gasteiger partial charge in [-0.2, -0.15) is 0 Å². The minimum Gasteiger partial charge on any atom is -0.497 e. The second kappa shape index (κ2) is 13.3. The molecule has 3 rings (SSSR count). The smallest absolute Gasteiger partial charge is 0.264 e. The molecule has 1 atom stereocenters. The number of amides is 2. The molecule has 3 aromatic rings. The molecule has 0 heterocycles. The lowest BCUT2D eigenvalue weighted by Gasteiger charge is -2.32. The molecule has 9 heteroatoms. The van der Waals surface area contributed by atoms with Crippen LogP contribution in [0.5, 0.6) is 5.75 Å². The Morgan fingerprint density at radius 2 is 1.51 bits per heavy atom. The van der Waals surface area contributed by atoms with Gasteiger partial charge in [-0.3, -0.25) is 13.9 Å². The number of hydrogen-bond donors (Lipinski definition) is 1. The lowest BCUT2D eigenvalue weighted by atomic mass is 10.1. The summed E-state index contributed by atoms with van der Waals surface area (Å²) < 4.78 is 34.0. The average Bonchev–Trinajstić information content (AvgIpc) is 2.92. The molecule has 2 amide bonds. The third kappa shape index (κ3) is 7.83. The largest absolute Gasteiger partial charge is 0.497 e. The number of hydrogen-bond acceptors (Lipinski definition) is 5. The number of nitrogens with one attached hydrogen (secondary N) is 1. The first-order valence-corrected chi connectivity index (χ1v) is 14.3. The van der Waals surface area contributed by atoms with Gasteiger partial charge in [0.05, 0.1) is 17.7 Å². The van der Waals surface area contributed by atoms with Crippen molar-refractivity contribution in [3.63, 3.8) is 0 Å². The molecule has 0 aliphatic rings. The highest BCUT2D eigenvalue weighted by molar-refractivity contribution is 7.92. The van der Waals surface area contributed by atoms with Gasteiger partial charge in [0.15, 0.2) is 0 Å². The van der Waals surface area contributed by atoms with Gasteiger partial charge in [-0.15, -0.1) is 0 Å². The Bertz CT molecular complexity index is 1340. The summed E-state index contributed by atoms with van der Waals surface area (Å²) in [5.41, 5.74) is 2.23. The third-order valence-corrected chi connectivity index (χ3v) is 8.12. The molecule has 0 aliphatic heterocycles. The zero-order valence-corrected chi connectivity index (χ0v) is 23.9. The predicted octanol–water partition coefficient (Wildman–Crippen LogP) is 4.18. The molecule has 39 heavy (non-hydrogen) atoms. The summed E-state index contributed by atoms with van der Waals surface area (Å²) in [5, 5.41) is 2.86. The maximum atomic E-state index is 13.9. The normalized spacial score (nSPS) is 12.1. The first kappa shape index (κ1) is 29.7. The SMILES string of the molecule is COc1ccc(N(CC(=O)N(CCc2ccccc2)[C@@H](C)C(=O)NC(C)C)S(=O)(=O)c2ccc(C)cc2)cc1. The van der Waals surface area contributed by atoms with Crippen molar-refractivity contribution in [1.82, 2.24) is 10.2 Å². The van der Waals surface area contributed by atoms with Crippen molar-refractivity contribution in [2.24, 2.45) is 0 Å². The summed E-state index contributed by atoms with van der Waals surface area (Å²) in [7, 11) is -2.59. The zero-order chi connectivity index (χ0) is 28.6. The van der Waals surface area contributed by atoms with E-state index in [0.717, 1.165) is 15.4 Å². The number of benzene rings is 3. The quantitative estimate of drug-likeness (QED) is 0.364. The van der Waals surface area contributed by atoms with Gasteiger partial charge in [-0.25, -0.2) is 8.42 Å². The van der Waals surface area contributed by atoms with Crippen molar-refractivity contribution in [2.45, 2.75) is 51.1 Å². The highest BCUT2D eigenvalue weighted by Gasteiger charge is 2.32. The summed E-state index contributed by atoms with van der Waals surface area (Å²) in [6.07, 6.45) is 0.513. The number of anilines is 1. The summed E-state index contributed by atoms with van der Waals surface area (Å²) in [5.74, 6) is -0.228. The van der Waals surface area contributed by atoms with Crippen molar-refractivity contribution in [3.05, 3.63) is 90.0 Å². The molecule has 0 saturated heterocycles. The first-order valence-electron chi connectivity index (χ1n) is 12.9. The van der Waals surface area contributed by atoms with E-state index in [4.69, 9.17) is 4.74 Å². The van der Waals surface area contributed by atoms with Crippen LogP contribution in [0.3, 0.4) is 0 Å². The minimum atomic E-state index is -4.11. The van der Waals surface area contributed by atoms with E-state index < -0.39 is 28.5 Å². The molecule has 0 spiro atoms. The van der Waals surface area contributed by atoms with Gasteiger partial charge in [0, 0.05) is 12.6 Å². The van der Waals surface area contributed by atoms with Crippen molar-refractivity contribution in [1.29, 1.82) is 0 Å². The molecule has 208 valence electrons. The van der Waals surface area contributed by atoms with Crippen molar-refractivity contribution < 1.29 is 22.7 Å². The Kier molecular flexibility index (Phi) is 10.1. The van der Waals surface area contributed by atoms with Crippen LogP contribution in [0.2, 0.25) is 0 Å². The summed E-state index contributed by atoms with van der Waals surface area (Å²) in [6.45, 7) is 7.00. The second-order valence-electron chi connectivity index (χ2n) is 9.68. The van der Waals surface area contributed by atoms with Crippen LogP contribution in [0, 0.1) is 6.92 Å². The van der Waals surface area contributed by atoms with Gasteiger partial charge in [0.1, 0.15) is 18.3 Å². The molecule has 0 radical (unpaired) electrons. The topological polar surface area (TPSA) is 96.0 Å². The van der Waals surface area contributed by atoms with E-state index in [9.17, 15) is 18.0 Å². The van der Waals surface area contributed by atoms with Gasteiger partial charge in [0.2, 0.25) is 11.8 Å². The predicted molar refractivity (Wildman–Crippen MR) is 153 cm³/mol. The van der Waals surface area contributed by atoms with E-state index in [1.54, 1.807) is 43.3 Å². The number of methoxy groups -OCH3 is 1. The Morgan fingerprint density at radius 3 is 2.08 bits per heavy atom. The molecular formula is C30H37N3O5S. The fraction of sp³-hybridized carbons (Fsp3) is 0.333. The van der Waals surface area contributed by atoms with Crippen LogP contribution in [0.15, 0.2) is 83.8 Å². The van der Waals surface area contributed by atoms with Crippen LogP contribution in [0.4, 0.5) is 5.69 Å². The molecule has 8 nitrogen and oxygen atoms in total.